The van der Waals surface area contributed by atoms with E-state index in [9.17, 15) is 0 Å². The first-order chi connectivity index (χ1) is 12.8. The van der Waals surface area contributed by atoms with Crippen LogP contribution in [0.15, 0.2) is 29.5 Å². The lowest BCUT2D eigenvalue weighted by molar-refractivity contribution is -0.0835. The van der Waals surface area contributed by atoms with Crippen LogP contribution in [-0.2, 0) is 4.74 Å². The van der Waals surface area contributed by atoms with Gasteiger partial charge in [-0.2, -0.15) is 0 Å². The van der Waals surface area contributed by atoms with Crippen molar-refractivity contribution in [2.24, 2.45) is 22.2 Å². The molecule has 0 aromatic carbocycles. The van der Waals surface area contributed by atoms with Gasteiger partial charge in [-0.1, -0.05) is 40.7 Å². The standard InChI is InChI=1S/C22H38N4O.HI/c1-16(2)19(17-9-7-11-24-13-17)15-26-21(23-6)25-14-18-10-8-12-27-20(18)22(3,4)5;/h7,9,11,13,16,18-20H,8,10,12,14-15H2,1-6H3,(H2,23,25,26);1H. The van der Waals surface area contributed by atoms with Gasteiger partial charge in [0.05, 0.1) is 6.10 Å². The van der Waals surface area contributed by atoms with E-state index in [0.29, 0.717) is 17.8 Å². The molecule has 1 aliphatic rings. The molecule has 2 N–H and O–H groups in total. The van der Waals surface area contributed by atoms with E-state index in [1.807, 2.05) is 25.5 Å². The Kier molecular flexibility index (Phi) is 10.7. The Morgan fingerprint density at radius 3 is 2.64 bits per heavy atom. The number of nitrogens with one attached hydrogen (secondary N) is 2. The van der Waals surface area contributed by atoms with Crippen molar-refractivity contribution < 1.29 is 4.74 Å². The summed E-state index contributed by atoms with van der Waals surface area (Å²) in [6.45, 7) is 13.9. The number of halogens is 1. The maximum absolute atomic E-state index is 6.10. The number of nitrogens with zero attached hydrogens (tertiary/aromatic N) is 2. The molecule has 28 heavy (non-hydrogen) atoms. The van der Waals surface area contributed by atoms with E-state index in [2.05, 4.69) is 61.3 Å². The second-order valence-corrected chi connectivity index (χ2v) is 9.03. The second-order valence-electron chi connectivity index (χ2n) is 9.03. The maximum Gasteiger partial charge on any atom is 0.191 e. The highest BCUT2D eigenvalue weighted by atomic mass is 127. The Balaban J connectivity index is 0.00000392. The Labute approximate surface area is 188 Å². The van der Waals surface area contributed by atoms with E-state index in [4.69, 9.17) is 4.74 Å². The molecule has 0 amide bonds. The van der Waals surface area contributed by atoms with Crippen molar-refractivity contribution in [2.45, 2.75) is 59.5 Å². The molecule has 1 aromatic rings. The molecule has 0 spiro atoms. The average Bonchev–Trinajstić information content (AvgIpc) is 2.64. The van der Waals surface area contributed by atoms with Crippen molar-refractivity contribution in [2.75, 3.05) is 26.7 Å². The lowest BCUT2D eigenvalue weighted by Gasteiger charge is -2.40. The van der Waals surface area contributed by atoms with Crippen LogP contribution in [0.25, 0.3) is 0 Å². The van der Waals surface area contributed by atoms with E-state index in [1.165, 1.54) is 12.0 Å². The predicted molar refractivity (Wildman–Crippen MR) is 129 cm³/mol. The van der Waals surface area contributed by atoms with Crippen molar-refractivity contribution >= 4 is 29.9 Å². The van der Waals surface area contributed by atoms with Crippen molar-refractivity contribution in [3.63, 3.8) is 0 Å². The minimum atomic E-state index is 0. The third-order valence-electron chi connectivity index (χ3n) is 5.46. The molecule has 1 aliphatic heterocycles. The molecule has 1 saturated heterocycles. The van der Waals surface area contributed by atoms with Crippen molar-refractivity contribution in [1.29, 1.82) is 0 Å². The Morgan fingerprint density at radius 2 is 2.07 bits per heavy atom. The summed E-state index contributed by atoms with van der Waals surface area (Å²) < 4.78 is 6.10. The highest BCUT2D eigenvalue weighted by Gasteiger charge is 2.35. The quantitative estimate of drug-likeness (QED) is 0.343. The molecule has 6 heteroatoms. The zero-order valence-corrected chi connectivity index (χ0v) is 20.7. The van der Waals surface area contributed by atoms with Crippen LogP contribution >= 0.6 is 24.0 Å². The van der Waals surface area contributed by atoms with Crippen molar-refractivity contribution in [1.82, 2.24) is 15.6 Å². The summed E-state index contributed by atoms with van der Waals surface area (Å²) in [5, 5.41) is 7.04. The number of guanidine groups is 1. The molecular weight excluding hydrogens is 463 g/mol. The molecule has 1 fully saturated rings. The fourth-order valence-electron chi connectivity index (χ4n) is 4.00. The zero-order valence-electron chi connectivity index (χ0n) is 18.4. The normalized spacial score (nSPS) is 21.8. The molecule has 3 atom stereocenters. The van der Waals surface area contributed by atoms with Gasteiger partial charge in [-0.15, -0.1) is 24.0 Å². The largest absolute Gasteiger partial charge is 0.377 e. The van der Waals surface area contributed by atoms with Gasteiger partial charge in [-0.25, -0.2) is 0 Å². The Morgan fingerprint density at radius 1 is 1.32 bits per heavy atom. The number of aromatic nitrogens is 1. The van der Waals surface area contributed by atoms with E-state index >= 15 is 0 Å². The molecule has 0 aliphatic carbocycles. The van der Waals surface area contributed by atoms with Crippen LogP contribution in [-0.4, -0.2) is 43.8 Å². The van der Waals surface area contributed by atoms with Crippen LogP contribution < -0.4 is 10.6 Å². The lowest BCUT2D eigenvalue weighted by Crippen LogP contribution is -2.48. The lowest BCUT2D eigenvalue weighted by atomic mass is 9.78. The fraction of sp³-hybridized carbons (Fsp3) is 0.727. The first-order valence-electron chi connectivity index (χ1n) is 10.3. The molecule has 5 nitrogen and oxygen atoms in total. The van der Waals surface area contributed by atoms with E-state index in [-0.39, 0.29) is 35.5 Å². The number of pyridine rings is 1. The van der Waals surface area contributed by atoms with Gasteiger partial charge in [0, 0.05) is 51.0 Å². The third kappa shape index (κ3) is 7.50. The topological polar surface area (TPSA) is 58.5 Å². The summed E-state index contributed by atoms with van der Waals surface area (Å²) in [5.74, 6) is 2.30. The van der Waals surface area contributed by atoms with Gasteiger partial charge in [0.1, 0.15) is 0 Å². The molecule has 1 aromatic heterocycles. The van der Waals surface area contributed by atoms with Gasteiger partial charge in [-0.3, -0.25) is 9.98 Å². The van der Waals surface area contributed by atoms with Gasteiger partial charge in [0.2, 0.25) is 0 Å². The number of hydrogen-bond donors (Lipinski definition) is 2. The predicted octanol–water partition coefficient (Wildman–Crippen LogP) is 4.45. The molecule has 2 rings (SSSR count). The van der Waals surface area contributed by atoms with Crippen molar-refractivity contribution in [3.05, 3.63) is 30.1 Å². The monoisotopic (exact) mass is 502 g/mol. The molecular formula is C22H39IN4O. The summed E-state index contributed by atoms with van der Waals surface area (Å²) >= 11 is 0. The minimum Gasteiger partial charge on any atom is -0.377 e. The number of ether oxygens (including phenoxy) is 1. The van der Waals surface area contributed by atoms with Crippen LogP contribution in [0.5, 0.6) is 0 Å². The second kappa shape index (κ2) is 12.0. The summed E-state index contributed by atoms with van der Waals surface area (Å²) in [6.07, 6.45) is 6.43. The van der Waals surface area contributed by atoms with Crippen LogP contribution in [0.2, 0.25) is 0 Å². The minimum absolute atomic E-state index is 0. The zero-order chi connectivity index (χ0) is 19.9. The van der Waals surface area contributed by atoms with Gasteiger partial charge in [0.25, 0.3) is 0 Å². The van der Waals surface area contributed by atoms with Gasteiger partial charge >= 0.3 is 0 Å². The summed E-state index contributed by atoms with van der Waals surface area (Å²) in [4.78, 5) is 8.70. The number of aliphatic imine (C=N–C) groups is 1. The smallest absolute Gasteiger partial charge is 0.191 e. The van der Waals surface area contributed by atoms with Crippen LogP contribution in [0.3, 0.4) is 0 Å². The summed E-state index contributed by atoms with van der Waals surface area (Å²) in [7, 11) is 1.84. The van der Waals surface area contributed by atoms with Crippen molar-refractivity contribution in [3.8, 4) is 0 Å². The highest BCUT2D eigenvalue weighted by molar-refractivity contribution is 14.0. The molecule has 0 bridgehead atoms. The Bertz CT molecular complexity index is 586. The highest BCUT2D eigenvalue weighted by Crippen LogP contribution is 2.33. The number of rotatable bonds is 6. The van der Waals surface area contributed by atoms with E-state index in [0.717, 1.165) is 32.1 Å². The van der Waals surface area contributed by atoms with Gasteiger partial charge < -0.3 is 15.4 Å². The van der Waals surface area contributed by atoms with Gasteiger partial charge in [-0.05, 0) is 35.8 Å². The van der Waals surface area contributed by atoms with Gasteiger partial charge in [0.15, 0.2) is 5.96 Å². The molecule has 3 unspecified atom stereocenters. The molecule has 2 heterocycles. The SMILES string of the molecule is CN=C(NCC1CCCOC1C(C)(C)C)NCC(c1cccnc1)C(C)C.I. The first kappa shape index (κ1) is 25.1. The average molecular weight is 502 g/mol. The van der Waals surface area contributed by atoms with Crippen LogP contribution in [0.1, 0.15) is 58.9 Å². The number of hydrogen-bond acceptors (Lipinski definition) is 3. The van der Waals surface area contributed by atoms with E-state index < -0.39 is 0 Å². The molecule has 160 valence electrons. The summed E-state index contributed by atoms with van der Waals surface area (Å²) in [5.41, 5.74) is 1.43. The fourth-order valence-corrected chi connectivity index (χ4v) is 4.00. The molecule has 0 radical (unpaired) electrons. The first-order valence-corrected chi connectivity index (χ1v) is 10.3. The Hall–Kier alpha value is -0.890. The van der Waals surface area contributed by atoms with E-state index in [1.54, 1.807) is 0 Å². The summed E-state index contributed by atoms with van der Waals surface area (Å²) in [6, 6.07) is 4.16. The third-order valence-corrected chi connectivity index (χ3v) is 5.46. The van der Waals surface area contributed by atoms with Crippen LogP contribution in [0, 0.1) is 17.3 Å². The van der Waals surface area contributed by atoms with Crippen LogP contribution in [0.4, 0.5) is 0 Å². The maximum atomic E-state index is 6.10. The molecule has 0 saturated carbocycles.